The Morgan fingerprint density at radius 2 is 2.05 bits per heavy atom. The molecular formula is C13H15N3O2S. The first-order valence-electron chi connectivity index (χ1n) is 5.85. The van der Waals surface area contributed by atoms with Gasteiger partial charge in [-0.25, -0.2) is 0 Å². The minimum absolute atomic E-state index is 0.470. The van der Waals surface area contributed by atoms with Crippen molar-refractivity contribution in [3.05, 3.63) is 45.9 Å². The van der Waals surface area contributed by atoms with E-state index in [1.165, 1.54) is 11.3 Å². The number of carboxylic acids is 1. The monoisotopic (exact) mass is 277 g/mol. The summed E-state index contributed by atoms with van der Waals surface area (Å²) in [7, 11) is 1.78. The number of aliphatic carboxylic acids is 1. The summed E-state index contributed by atoms with van der Waals surface area (Å²) in [6.45, 7) is 2.35. The highest BCUT2D eigenvalue weighted by Crippen LogP contribution is 2.22. The summed E-state index contributed by atoms with van der Waals surface area (Å²) in [6.07, 6.45) is 0. The molecule has 1 heterocycles. The number of aromatic nitrogens is 2. The van der Waals surface area contributed by atoms with E-state index in [1.807, 2.05) is 37.3 Å². The lowest BCUT2D eigenvalue weighted by Crippen LogP contribution is -2.30. The summed E-state index contributed by atoms with van der Waals surface area (Å²) in [4.78, 5) is 13.2. The molecule has 0 spiro atoms. The molecule has 19 heavy (non-hydrogen) atoms. The minimum Gasteiger partial charge on any atom is -0.480 e. The van der Waals surface area contributed by atoms with Crippen LogP contribution in [0.15, 0.2) is 30.3 Å². The maximum atomic E-state index is 11.5. The van der Waals surface area contributed by atoms with Crippen LogP contribution in [-0.2, 0) is 11.3 Å². The third-order valence-electron chi connectivity index (χ3n) is 2.74. The number of rotatable bonds is 5. The Balaban J connectivity index is 2.18. The summed E-state index contributed by atoms with van der Waals surface area (Å²) in [5.74, 6) is -0.866. The molecule has 0 aliphatic heterocycles. The Morgan fingerprint density at radius 1 is 1.37 bits per heavy atom. The van der Waals surface area contributed by atoms with Gasteiger partial charge in [-0.15, -0.1) is 21.5 Å². The zero-order valence-electron chi connectivity index (χ0n) is 10.8. The average Bonchev–Trinajstić information content (AvgIpc) is 2.75. The molecule has 0 aliphatic rings. The topological polar surface area (TPSA) is 66.3 Å². The van der Waals surface area contributed by atoms with Crippen molar-refractivity contribution in [1.29, 1.82) is 0 Å². The Morgan fingerprint density at radius 3 is 2.58 bits per heavy atom. The number of nitrogens with zero attached hydrogens (tertiary/aromatic N) is 3. The fraction of sp³-hybridized carbons (Fsp3) is 0.308. The van der Waals surface area contributed by atoms with Gasteiger partial charge in [0.2, 0.25) is 0 Å². The van der Waals surface area contributed by atoms with Gasteiger partial charge in [-0.3, -0.25) is 9.69 Å². The molecular weight excluding hydrogens is 262 g/mol. The molecule has 1 atom stereocenters. The van der Waals surface area contributed by atoms with E-state index in [9.17, 15) is 9.90 Å². The van der Waals surface area contributed by atoms with Crippen LogP contribution < -0.4 is 0 Å². The van der Waals surface area contributed by atoms with Crippen LogP contribution in [-0.4, -0.2) is 33.2 Å². The first kappa shape index (κ1) is 13.6. The second-order valence-electron chi connectivity index (χ2n) is 4.28. The lowest BCUT2D eigenvalue weighted by atomic mass is 10.1. The van der Waals surface area contributed by atoms with Crippen LogP contribution in [0.2, 0.25) is 0 Å². The number of carbonyl (C=O) groups is 1. The third kappa shape index (κ3) is 3.36. The van der Waals surface area contributed by atoms with Crippen LogP contribution in [0.25, 0.3) is 0 Å². The third-order valence-corrected chi connectivity index (χ3v) is 3.57. The predicted octanol–water partition coefficient (Wildman–Crippen LogP) is 2.10. The molecule has 0 fully saturated rings. The number of carboxylic acid groups (broad SMARTS) is 1. The minimum atomic E-state index is -0.866. The van der Waals surface area contributed by atoms with Crippen LogP contribution in [0.4, 0.5) is 0 Å². The summed E-state index contributed by atoms with van der Waals surface area (Å²) < 4.78 is 0. The fourth-order valence-electron chi connectivity index (χ4n) is 1.93. The van der Waals surface area contributed by atoms with Crippen LogP contribution in [0, 0.1) is 6.92 Å². The van der Waals surface area contributed by atoms with Gasteiger partial charge in [0.25, 0.3) is 0 Å². The Labute approximate surface area is 115 Å². The highest BCUT2D eigenvalue weighted by atomic mass is 32.1. The number of aryl methyl sites for hydroxylation is 1. The molecule has 0 saturated carbocycles. The first-order valence-corrected chi connectivity index (χ1v) is 6.66. The van der Waals surface area contributed by atoms with E-state index >= 15 is 0 Å². The van der Waals surface area contributed by atoms with Gasteiger partial charge in [0, 0.05) is 0 Å². The van der Waals surface area contributed by atoms with Gasteiger partial charge in [0.1, 0.15) is 16.1 Å². The van der Waals surface area contributed by atoms with E-state index < -0.39 is 12.0 Å². The fourth-order valence-corrected chi connectivity index (χ4v) is 2.70. The maximum Gasteiger partial charge on any atom is 0.325 e. The van der Waals surface area contributed by atoms with E-state index in [4.69, 9.17) is 0 Å². The van der Waals surface area contributed by atoms with Gasteiger partial charge in [-0.2, -0.15) is 0 Å². The number of likely N-dealkylation sites (N-methyl/N-ethyl adjacent to an activating group) is 1. The van der Waals surface area contributed by atoms with Gasteiger partial charge < -0.3 is 5.11 Å². The molecule has 1 aromatic carbocycles. The molecule has 0 amide bonds. The Bertz CT molecular complexity index is 556. The van der Waals surface area contributed by atoms with Gasteiger partial charge in [-0.05, 0) is 19.5 Å². The molecule has 1 N–H and O–H groups in total. The molecule has 1 aromatic heterocycles. The quantitative estimate of drug-likeness (QED) is 0.906. The Hall–Kier alpha value is -1.79. The summed E-state index contributed by atoms with van der Waals surface area (Å²) in [5, 5.41) is 19.1. The van der Waals surface area contributed by atoms with E-state index in [0.717, 1.165) is 15.6 Å². The SMILES string of the molecule is Cc1nnc(CN(C)C(C(=O)O)c2ccccc2)s1. The molecule has 2 rings (SSSR count). The number of hydrogen-bond donors (Lipinski definition) is 1. The lowest BCUT2D eigenvalue weighted by Gasteiger charge is -2.23. The van der Waals surface area contributed by atoms with Gasteiger partial charge in [0.15, 0.2) is 0 Å². The van der Waals surface area contributed by atoms with Crippen LogP contribution in [0.5, 0.6) is 0 Å². The normalized spacial score (nSPS) is 12.6. The van der Waals surface area contributed by atoms with Crippen molar-refractivity contribution >= 4 is 17.3 Å². The average molecular weight is 277 g/mol. The van der Waals surface area contributed by atoms with E-state index in [2.05, 4.69) is 10.2 Å². The maximum absolute atomic E-state index is 11.5. The summed E-state index contributed by atoms with van der Waals surface area (Å²) >= 11 is 1.48. The van der Waals surface area contributed by atoms with Crippen LogP contribution in [0.3, 0.4) is 0 Å². The molecule has 1 unspecified atom stereocenters. The van der Waals surface area contributed by atoms with Crippen molar-refractivity contribution in [3.63, 3.8) is 0 Å². The number of benzene rings is 1. The molecule has 5 nitrogen and oxygen atoms in total. The second-order valence-corrected chi connectivity index (χ2v) is 5.55. The van der Waals surface area contributed by atoms with E-state index in [-0.39, 0.29) is 0 Å². The highest BCUT2D eigenvalue weighted by molar-refractivity contribution is 7.11. The van der Waals surface area contributed by atoms with Crippen molar-refractivity contribution < 1.29 is 9.90 Å². The van der Waals surface area contributed by atoms with Crippen LogP contribution in [0.1, 0.15) is 21.6 Å². The molecule has 0 bridgehead atoms. The van der Waals surface area contributed by atoms with E-state index in [1.54, 1.807) is 11.9 Å². The van der Waals surface area contributed by atoms with Crippen molar-refractivity contribution in [1.82, 2.24) is 15.1 Å². The molecule has 6 heteroatoms. The first-order chi connectivity index (χ1) is 9.08. The zero-order chi connectivity index (χ0) is 13.8. The molecule has 0 radical (unpaired) electrons. The molecule has 0 saturated heterocycles. The van der Waals surface area contributed by atoms with Crippen molar-refractivity contribution in [3.8, 4) is 0 Å². The summed E-state index contributed by atoms with van der Waals surface area (Å²) in [6, 6.07) is 8.52. The highest BCUT2D eigenvalue weighted by Gasteiger charge is 2.25. The Kier molecular flexibility index (Phi) is 4.24. The van der Waals surface area contributed by atoms with Crippen molar-refractivity contribution in [2.45, 2.75) is 19.5 Å². The molecule has 2 aromatic rings. The molecule has 100 valence electrons. The number of hydrogen-bond acceptors (Lipinski definition) is 5. The van der Waals surface area contributed by atoms with Crippen LogP contribution >= 0.6 is 11.3 Å². The largest absolute Gasteiger partial charge is 0.480 e. The zero-order valence-corrected chi connectivity index (χ0v) is 11.6. The predicted molar refractivity (Wildman–Crippen MR) is 72.9 cm³/mol. The van der Waals surface area contributed by atoms with Crippen molar-refractivity contribution in [2.75, 3.05) is 7.05 Å². The van der Waals surface area contributed by atoms with Gasteiger partial charge in [-0.1, -0.05) is 30.3 Å². The smallest absolute Gasteiger partial charge is 0.325 e. The van der Waals surface area contributed by atoms with E-state index in [0.29, 0.717) is 6.54 Å². The van der Waals surface area contributed by atoms with Gasteiger partial charge in [0.05, 0.1) is 6.54 Å². The standard InChI is InChI=1S/C13H15N3O2S/c1-9-14-15-11(19-9)8-16(2)12(13(17)18)10-6-4-3-5-7-10/h3-7,12H,8H2,1-2H3,(H,17,18). The second kappa shape index (κ2) is 5.90. The van der Waals surface area contributed by atoms with Crippen molar-refractivity contribution in [2.24, 2.45) is 0 Å². The molecule has 0 aliphatic carbocycles. The lowest BCUT2D eigenvalue weighted by molar-refractivity contribution is -0.143. The van der Waals surface area contributed by atoms with Gasteiger partial charge >= 0.3 is 5.97 Å². The summed E-state index contributed by atoms with van der Waals surface area (Å²) in [5.41, 5.74) is 0.763.